The van der Waals surface area contributed by atoms with Crippen molar-refractivity contribution < 1.29 is 9.21 Å². The van der Waals surface area contributed by atoms with Crippen LogP contribution in [0, 0.1) is 6.92 Å². The number of carbonyl (C=O) groups excluding carboxylic acids is 1. The average Bonchev–Trinajstić information content (AvgIpc) is 2.55. The molecule has 0 aromatic carbocycles. The predicted molar refractivity (Wildman–Crippen MR) is 50.6 cm³/mol. The normalized spacial score (nSPS) is 15.1. The van der Waals surface area contributed by atoms with Crippen LogP contribution in [0.2, 0.25) is 0 Å². The molecule has 4 heteroatoms. The monoisotopic (exact) mass is 192 g/mol. The second kappa shape index (κ2) is 3.29. The van der Waals surface area contributed by atoms with Gasteiger partial charge >= 0.3 is 0 Å². The van der Waals surface area contributed by atoms with Gasteiger partial charge in [-0.1, -0.05) is 6.58 Å². The summed E-state index contributed by atoms with van der Waals surface area (Å²) in [4.78, 5) is 17.3. The van der Waals surface area contributed by atoms with Crippen molar-refractivity contribution in [2.75, 3.05) is 6.54 Å². The Kier molecular flexibility index (Phi) is 2.11. The van der Waals surface area contributed by atoms with Crippen molar-refractivity contribution in [2.45, 2.75) is 19.9 Å². The molecule has 14 heavy (non-hydrogen) atoms. The molecule has 0 aliphatic carbocycles. The van der Waals surface area contributed by atoms with Gasteiger partial charge in [-0.3, -0.25) is 4.79 Å². The van der Waals surface area contributed by atoms with E-state index in [4.69, 9.17) is 4.42 Å². The van der Waals surface area contributed by atoms with Crippen molar-refractivity contribution in [1.29, 1.82) is 0 Å². The van der Waals surface area contributed by atoms with E-state index in [0.717, 1.165) is 17.9 Å². The zero-order chi connectivity index (χ0) is 10.1. The molecule has 2 heterocycles. The van der Waals surface area contributed by atoms with Crippen LogP contribution >= 0.6 is 0 Å². The highest BCUT2D eigenvalue weighted by molar-refractivity contribution is 5.87. The molecule has 0 atom stereocenters. The second-order valence-electron chi connectivity index (χ2n) is 3.32. The molecule has 0 radical (unpaired) electrons. The van der Waals surface area contributed by atoms with Crippen molar-refractivity contribution >= 4 is 5.91 Å². The maximum Gasteiger partial charge on any atom is 0.246 e. The predicted octanol–water partition coefficient (Wildman–Crippen LogP) is 1.05. The van der Waals surface area contributed by atoms with Crippen LogP contribution in [-0.4, -0.2) is 22.3 Å². The molecule has 1 aromatic heterocycles. The van der Waals surface area contributed by atoms with Gasteiger partial charge in [0.15, 0.2) is 5.89 Å². The molecule has 1 aliphatic rings. The van der Waals surface area contributed by atoms with Gasteiger partial charge in [0, 0.05) is 19.9 Å². The van der Waals surface area contributed by atoms with E-state index in [0.29, 0.717) is 19.0 Å². The lowest BCUT2D eigenvalue weighted by atomic mass is 10.1. The number of oxazole rings is 1. The summed E-state index contributed by atoms with van der Waals surface area (Å²) in [5.74, 6) is 1.54. The largest absolute Gasteiger partial charge is 0.446 e. The Morgan fingerprint density at radius 2 is 2.50 bits per heavy atom. The van der Waals surface area contributed by atoms with Crippen LogP contribution < -0.4 is 0 Å². The first-order valence-corrected chi connectivity index (χ1v) is 4.57. The summed E-state index contributed by atoms with van der Waals surface area (Å²) in [6, 6.07) is 0. The van der Waals surface area contributed by atoms with Crippen LogP contribution in [0.4, 0.5) is 0 Å². The lowest BCUT2D eigenvalue weighted by Crippen LogP contribution is -2.34. The molecule has 74 valence electrons. The van der Waals surface area contributed by atoms with Crippen LogP contribution in [0.1, 0.15) is 17.3 Å². The molecule has 0 N–H and O–H groups in total. The van der Waals surface area contributed by atoms with E-state index in [9.17, 15) is 4.79 Å². The maximum atomic E-state index is 11.3. The van der Waals surface area contributed by atoms with E-state index in [2.05, 4.69) is 11.6 Å². The molecule has 1 aliphatic heterocycles. The van der Waals surface area contributed by atoms with Crippen LogP contribution in [-0.2, 0) is 17.8 Å². The first kappa shape index (κ1) is 8.99. The fourth-order valence-electron chi connectivity index (χ4n) is 1.64. The SMILES string of the molecule is C=CC(=O)N1CCc2oc(C)nc2C1. The summed E-state index contributed by atoms with van der Waals surface area (Å²) in [5.41, 5.74) is 0.879. The van der Waals surface area contributed by atoms with Gasteiger partial charge in [-0.25, -0.2) is 4.98 Å². The smallest absolute Gasteiger partial charge is 0.246 e. The second-order valence-corrected chi connectivity index (χ2v) is 3.32. The zero-order valence-corrected chi connectivity index (χ0v) is 8.12. The van der Waals surface area contributed by atoms with E-state index < -0.39 is 0 Å². The van der Waals surface area contributed by atoms with Crippen LogP contribution in [0.3, 0.4) is 0 Å². The number of rotatable bonds is 1. The van der Waals surface area contributed by atoms with Crippen molar-refractivity contribution in [3.63, 3.8) is 0 Å². The highest BCUT2D eigenvalue weighted by atomic mass is 16.4. The minimum absolute atomic E-state index is 0.0451. The minimum atomic E-state index is -0.0451. The molecule has 0 spiro atoms. The molecule has 0 fully saturated rings. The number of fused-ring (bicyclic) bond motifs is 1. The maximum absolute atomic E-state index is 11.3. The van der Waals surface area contributed by atoms with Gasteiger partial charge < -0.3 is 9.32 Å². The Hall–Kier alpha value is -1.58. The Morgan fingerprint density at radius 3 is 3.21 bits per heavy atom. The summed E-state index contributed by atoms with van der Waals surface area (Å²) in [5, 5.41) is 0. The number of aryl methyl sites for hydroxylation is 1. The van der Waals surface area contributed by atoms with Gasteiger partial charge in [0.2, 0.25) is 5.91 Å². The summed E-state index contributed by atoms with van der Waals surface area (Å²) in [6.07, 6.45) is 2.08. The number of nitrogens with zero attached hydrogens (tertiary/aromatic N) is 2. The van der Waals surface area contributed by atoms with Gasteiger partial charge in [0.05, 0.1) is 6.54 Å². The number of hydrogen-bond acceptors (Lipinski definition) is 3. The van der Waals surface area contributed by atoms with Crippen molar-refractivity contribution in [3.8, 4) is 0 Å². The molecule has 1 aromatic rings. The fourth-order valence-corrected chi connectivity index (χ4v) is 1.64. The molecule has 0 unspecified atom stereocenters. The third kappa shape index (κ3) is 1.43. The first-order chi connectivity index (χ1) is 6.70. The van der Waals surface area contributed by atoms with Gasteiger partial charge in [-0.15, -0.1) is 0 Å². The van der Waals surface area contributed by atoms with Gasteiger partial charge in [0.25, 0.3) is 0 Å². The first-order valence-electron chi connectivity index (χ1n) is 4.57. The fraction of sp³-hybridized carbons (Fsp3) is 0.400. The standard InChI is InChI=1S/C10H12N2O2/c1-3-10(13)12-5-4-9-8(6-12)11-7(2)14-9/h3H,1,4-6H2,2H3. The summed E-state index contributed by atoms with van der Waals surface area (Å²) < 4.78 is 5.39. The highest BCUT2D eigenvalue weighted by Gasteiger charge is 2.22. The van der Waals surface area contributed by atoms with Crippen molar-refractivity contribution in [1.82, 2.24) is 9.88 Å². The molecular formula is C10H12N2O2. The molecule has 2 rings (SSSR count). The lowest BCUT2D eigenvalue weighted by molar-refractivity contribution is -0.127. The van der Waals surface area contributed by atoms with E-state index >= 15 is 0 Å². The minimum Gasteiger partial charge on any atom is -0.446 e. The van der Waals surface area contributed by atoms with E-state index in [1.165, 1.54) is 6.08 Å². The molecule has 0 saturated carbocycles. The summed E-state index contributed by atoms with van der Waals surface area (Å²) >= 11 is 0. The van der Waals surface area contributed by atoms with Gasteiger partial charge in [-0.05, 0) is 6.08 Å². The van der Waals surface area contributed by atoms with Gasteiger partial charge in [-0.2, -0.15) is 0 Å². The summed E-state index contributed by atoms with van der Waals surface area (Å²) in [7, 11) is 0. The molecule has 4 nitrogen and oxygen atoms in total. The molecule has 0 bridgehead atoms. The Bertz CT molecular complexity index is 381. The van der Waals surface area contributed by atoms with Crippen LogP contribution in [0.15, 0.2) is 17.1 Å². The number of aromatic nitrogens is 1. The third-order valence-electron chi connectivity index (χ3n) is 2.32. The van der Waals surface area contributed by atoms with E-state index in [1.807, 2.05) is 6.92 Å². The number of amides is 1. The van der Waals surface area contributed by atoms with Crippen LogP contribution in [0.5, 0.6) is 0 Å². The Morgan fingerprint density at radius 1 is 1.71 bits per heavy atom. The summed E-state index contributed by atoms with van der Waals surface area (Å²) in [6.45, 7) is 6.51. The topological polar surface area (TPSA) is 46.3 Å². The van der Waals surface area contributed by atoms with E-state index in [-0.39, 0.29) is 5.91 Å². The van der Waals surface area contributed by atoms with E-state index in [1.54, 1.807) is 4.90 Å². The molecular weight excluding hydrogens is 180 g/mol. The quantitative estimate of drug-likeness (QED) is 0.625. The zero-order valence-electron chi connectivity index (χ0n) is 8.12. The third-order valence-corrected chi connectivity index (χ3v) is 2.32. The van der Waals surface area contributed by atoms with Crippen LogP contribution in [0.25, 0.3) is 0 Å². The Balaban J connectivity index is 2.20. The average molecular weight is 192 g/mol. The van der Waals surface area contributed by atoms with Crippen molar-refractivity contribution in [2.24, 2.45) is 0 Å². The lowest BCUT2D eigenvalue weighted by Gasteiger charge is -2.23. The van der Waals surface area contributed by atoms with Gasteiger partial charge in [0.1, 0.15) is 11.5 Å². The molecule has 1 amide bonds. The Labute approximate surface area is 82.2 Å². The number of hydrogen-bond donors (Lipinski definition) is 0. The highest BCUT2D eigenvalue weighted by Crippen LogP contribution is 2.19. The van der Waals surface area contributed by atoms with Crippen molar-refractivity contribution in [3.05, 3.63) is 30.0 Å². The number of carbonyl (C=O) groups is 1. The molecule has 0 saturated heterocycles.